The number of piperidine rings is 1. The van der Waals surface area contributed by atoms with E-state index in [9.17, 15) is 4.79 Å². The van der Waals surface area contributed by atoms with E-state index in [0.29, 0.717) is 5.75 Å². The van der Waals surface area contributed by atoms with E-state index >= 15 is 4.39 Å². The second kappa shape index (κ2) is 9.82. The lowest BCUT2D eigenvalue weighted by molar-refractivity contribution is -0.104. The third-order valence-electron chi connectivity index (χ3n) is 6.39. The van der Waals surface area contributed by atoms with Crippen molar-refractivity contribution in [2.45, 2.75) is 58.2 Å². The number of hydrogen-bond donors (Lipinski definition) is 0. The average Bonchev–Trinajstić information content (AvgIpc) is 3.11. The molecule has 0 saturated carbocycles. The fourth-order valence-corrected chi connectivity index (χ4v) is 4.93. The average molecular weight is 449 g/mol. The molecule has 1 unspecified atom stereocenters. The zero-order valence-corrected chi connectivity index (χ0v) is 19.8. The van der Waals surface area contributed by atoms with Gasteiger partial charge in [-0.3, -0.25) is 9.47 Å². The number of carbonyl (C=O) groups excluding carboxylic acids is 1. The van der Waals surface area contributed by atoms with Crippen LogP contribution in [-0.2, 0) is 4.79 Å². The number of benzene rings is 1. The minimum absolute atomic E-state index is 0.121. The number of hydrogen-bond acceptors (Lipinski definition) is 3. The van der Waals surface area contributed by atoms with E-state index < -0.39 is 5.85 Å². The Bertz CT molecular complexity index is 1080. The van der Waals surface area contributed by atoms with Crippen LogP contribution in [0.15, 0.2) is 54.6 Å². The standard InChI is InChI=1S/C28H33FN2O2/c1-21(2)27-25(13-10-20-32)26(22(3)31(27)30-18-8-5-9-19-30)23-14-16-28(29,17-15-23)33-24-11-6-4-7-12-24/h4,6-7,10-16,20-21H,5,8-9,17-19H2,1-3H3. The lowest BCUT2D eigenvalue weighted by Crippen LogP contribution is -2.41. The highest BCUT2D eigenvalue weighted by Crippen LogP contribution is 2.39. The van der Waals surface area contributed by atoms with Crippen LogP contribution >= 0.6 is 0 Å². The van der Waals surface area contributed by atoms with Gasteiger partial charge in [0.25, 0.3) is 5.85 Å². The van der Waals surface area contributed by atoms with E-state index in [1.54, 1.807) is 18.2 Å². The van der Waals surface area contributed by atoms with Gasteiger partial charge in [0, 0.05) is 36.3 Å². The number of rotatable bonds is 7. The Morgan fingerprint density at radius 3 is 2.45 bits per heavy atom. The van der Waals surface area contributed by atoms with Gasteiger partial charge in [0.1, 0.15) is 12.0 Å². The molecule has 1 saturated heterocycles. The minimum Gasteiger partial charge on any atom is -0.454 e. The Morgan fingerprint density at radius 1 is 1.12 bits per heavy atom. The molecule has 1 aliphatic heterocycles. The Labute approximate surface area is 196 Å². The third-order valence-corrected chi connectivity index (χ3v) is 6.39. The smallest absolute Gasteiger partial charge is 0.271 e. The van der Waals surface area contributed by atoms with E-state index in [2.05, 4.69) is 30.5 Å². The zero-order chi connectivity index (χ0) is 23.4. The van der Waals surface area contributed by atoms with Gasteiger partial charge in [0.05, 0.1) is 5.69 Å². The predicted octanol–water partition coefficient (Wildman–Crippen LogP) is 6.34. The molecular weight excluding hydrogens is 415 g/mol. The summed E-state index contributed by atoms with van der Waals surface area (Å²) in [5, 5.41) is 2.42. The van der Waals surface area contributed by atoms with Crippen LogP contribution in [0.5, 0.6) is 5.75 Å². The number of aldehydes is 1. The number of halogens is 1. The molecule has 2 heterocycles. The molecule has 0 N–H and O–H groups in total. The van der Waals surface area contributed by atoms with Gasteiger partial charge in [0.15, 0.2) is 0 Å². The van der Waals surface area contributed by atoms with Gasteiger partial charge in [-0.05, 0) is 68.0 Å². The van der Waals surface area contributed by atoms with Gasteiger partial charge in [0.2, 0.25) is 0 Å². The third kappa shape index (κ3) is 4.82. The summed E-state index contributed by atoms with van der Waals surface area (Å²) < 4.78 is 23.4. The molecule has 0 amide bonds. The Balaban J connectivity index is 1.74. The topological polar surface area (TPSA) is 34.5 Å². The molecule has 33 heavy (non-hydrogen) atoms. The van der Waals surface area contributed by atoms with Gasteiger partial charge in [-0.25, -0.2) is 0 Å². The second-order valence-corrected chi connectivity index (χ2v) is 9.13. The molecule has 174 valence electrons. The van der Waals surface area contributed by atoms with Crippen molar-refractivity contribution in [3.05, 3.63) is 77.2 Å². The Morgan fingerprint density at radius 2 is 1.85 bits per heavy atom. The summed E-state index contributed by atoms with van der Waals surface area (Å²) in [6, 6.07) is 9.06. The summed E-state index contributed by atoms with van der Waals surface area (Å²) in [7, 11) is 0. The monoisotopic (exact) mass is 448 g/mol. The fourth-order valence-electron chi connectivity index (χ4n) is 4.93. The summed E-state index contributed by atoms with van der Waals surface area (Å²) in [6.45, 7) is 8.52. The van der Waals surface area contributed by atoms with E-state index in [1.165, 1.54) is 31.0 Å². The number of allylic oxidation sites excluding steroid dienone is 3. The van der Waals surface area contributed by atoms with Gasteiger partial charge in [-0.1, -0.05) is 44.2 Å². The lowest BCUT2D eigenvalue weighted by Gasteiger charge is -2.33. The van der Waals surface area contributed by atoms with Crippen molar-refractivity contribution in [2.24, 2.45) is 0 Å². The molecule has 4 nitrogen and oxygen atoms in total. The van der Waals surface area contributed by atoms with Crippen LogP contribution in [-0.4, -0.2) is 29.9 Å². The Hall–Kier alpha value is -3.08. The van der Waals surface area contributed by atoms with Crippen LogP contribution in [0.25, 0.3) is 11.6 Å². The van der Waals surface area contributed by atoms with Crippen molar-refractivity contribution in [3.63, 3.8) is 0 Å². The SMILES string of the molecule is Cc1c(C2=CCC(F)(Oc3ccccc3)C=C2)c(C=CC=O)c(C(C)C)n1N1CCCCC1. The van der Waals surface area contributed by atoms with Crippen molar-refractivity contribution < 1.29 is 13.9 Å². The second-order valence-electron chi connectivity index (χ2n) is 9.13. The zero-order valence-electron chi connectivity index (χ0n) is 19.8. The normalized spacial score (nSPS) is 21.0. The molecule has 1 aliphatic carbocycles. The molecule has 0 radical (unpaired) electrons. The highest BCUT2D eigenvalue weighted by molar-refractivity contribution is 5.86. The van der Waals surface area contributed by atoms with Crippen molar-refractivity contribution in [1.82, 2.24) is 4.68 Å². The summed E-state index contributed by atoms with van der Waals surface area (Å²) in [5.74, 6) is -1.11. The predicted molar refractivity (Wildman–Crippen MR) is 133 cm³/mol. The molecule has 1 atom stereocenters. The maximum absolute atomic E-state index is 15.4. The molecule has 5 heteroatoms. The first kappa shape index (κ1) is 23.1. The molecule has 1 aromatic heterocycles. The fraction of sp³-hybridized carbons (Fsp3) is 0.393. The van der Waals surface area contributed by atoms with Crippen LogP contribution in [0, 0.1) is 6.92 Å². The van der Waals surface area contributed by atoms with E-state index in [1.807, 2.05) is 36.4 Å². The van der Waals surface area contributed by atoms with Crippen LogP contribution in [0.2, 0.25) is 0 Å². The molecule has 1 aromatic carbocycles. The largest absolute Gasteiger partial charge is 0.454 e. The number of nitrogens with zero attached hydrogens (tertiary/aromatic N) is 2. The van der Waals surface area contributed by atoms with Gasteiger partial charge < -0.3 is 9.75 Å². The molecule has 2 aromatic rings. The first-order valence-corrected chi connectivity index (χ1v) is 11.9. The number of ether oxygens (including phenoxy) is 1. The number of para-hydroxylation sites is 1. The summed E-state index contributed by atoms with van der Waals surface area (Å²) in [4.78, 5) is 11.2. The van der Waals surface area contributed by atoms with Crippen molar-refractivity contribution in [1.29, 1.82) is 0 Å². The molecule has 4 rings (SSSR count). The van der Waals surface area contributed by atoms with Crippen LogP contribution in [0.4, 0.5) is 4.39 Å². The first-order valence-electron chi connectivity index (χ1n) is 11.9. The van der Waals surface area contributed by atoms with Gasteiger partial charge >= 0.3 is 0 Å². The van der Waals surface area contributed by atoms with Crippen LogP contribution < -0.4 is 9.75 Å². The first-order chi connectivity index (χ1) is 15.9. The maximum Gasteiger partial charge on any atom is 0.271 e. The maximum atomic E-state index is 15.4. The van der Waals surface area contributed by atoms with Gasteiger partial charge in [-0.15, -0.1) is 0 Å². The summed E-state index contributed by atoms with van der Waals surface area (Å²) in [6.07, 6.45) is 13.2. The molecular formula is C28H33FN2O2. The summed E-state index contributed by atoms with van der Waals surface area (Å²) in [5.41, 5.74) is 5.36. The number of alkyl halides is 1. The van der Waals surface area contributed by atoms with Crippen LogP contribution in [0.3, 0.4) is 0 Å². The summed E-state index contributed by atoms with van der Waals surface area (Å²) >= 11 is 0. The highest BCUT2D eigenvalue weighted by atomic mass is 19.2. The van der Waals surface area contributed by atoms with E-state index in [4.69, 9.17) is 4.74 Å². The van der Waals surface area contributed by atoms with Gasteiger partial charge in [-0.2, -0.15) is 4.39 Å². The quantitative estimate of drug-likeness (QED) is 0.366. The number of carbonyl (C=O) groups is 1. The Kier molecular flexibility index (Phi) is 6.87. The molecule has 0 bridgehead atoms. The van der Waals surface area contributed by atoms with Crippen molar-refractivity contribution in [3.8, 4) is 5.75 Å². The highest BCUT2D eigenvalue weighted by Gasteiger charge is 2.32. The van der Waals surface area contributed by atoms with Crippen LogP contribution in [0.1, 0.15) is 68.0 Å². The lowest BCUT2D eigenvalue weighted by atomic mass is 9.92. The minimum atomic E-state index is -1.88. The molecule has 1 fully saturated rings. The number of aromatic nitrogens is 1. The van der Waals surface area contributed by atoms with Crippen molar-refractivity contribution in [2.75, 3.05) is 18.1 Å². The molecule has 2 aliphatic rings. The van der Waals surface area contributed by atoms with E-state index in [-0.39, 0.29) is 12.3 Å². The van der Waals surface area contributed by atoms with E-state index in [0.717, 1.165) is 41.8 Å². The van der Waals surface area contributed by atoms with Crippen molar-refractivity contribution >= 4 is 17.9 Å². The molecule has 0 spiro atoms.